The lowest BCUT2D eigenvalue weighted by Crippen LogP contribution is -2.20. The van der Waals surface area contributed by atoms with Gasteiger partial charge in [-0.05, 0) is 48.6 Å². The van der Waals surface area contributed by atoms with E-state index in [-0.39, 0.29) is 12.5 Å². The summed E-state index contributed by atoms with van der Waals surface area (Å²) in [6.45, 7) is -0.0270. The molecule has 1 fully saturated rings. The first-order valence-corrected chi connectivity index (χ1v) is 8.92. The molecule has 0 aliphatic heterocycles. The molecule has 0 radical (unpaired) electrons. The second kappa shape index (κ2) is 8.56. The molecule has 4 heteroatoms. The third-order valence-corrected chi connectivity index (χ3v) is 4.71. The monoisotopic (exact) mass is 339 g/mol. The van der Waals surface area contributed by atoms with E-state index in [1.54, 1.807) is 19.2 Å². The molecule has 1 aliphatic rings. The predicted molar refractivity (Wildman–Crippen MR) is 99.4 cm³/mol. The van der Waals surface area contributed by atoms with Crippen molar-refractivity contribution in [3.63, 3.8) is 0 Å². The Morgan fingerprint density at radius 2 is 1.76 bits per heavy atom. The molecule has 1 saturated carbocycles. The van der Waals surface area contributed by atoms with Gasteiger partial charge in [-0.1, -0.05) is 43.5 Å². The Morgan fingerprint density at radius 1 is 1.04 bits per heavy atom. The summed E-state index contributed by atoms with van der Waals surface area (Å²) in [5, 5.41) is 2.81. The second-order valence-corrected chi connectivity index (χ2v) is 6.44. The Hall–Kier alpha value is -2.49. The van der Waals surface area contributed by atoms with E-state index in [0.29, 0.717) is 17.4 Å². The molecular weight excluding hydrogens is 314 g/mol. The highest BCUT2D eigenvalue weighted by atomic mass is 16.5. The molecule has 0 atom stereocenters. The SMILES string of the molecule is COc1ccccc1NC(=O)COc1ccc(C2CCCCC2)cc1. The summed E-state index contributed by atoms with van der Waals surface area (Å²) in [6.07, 6.45) is 6.57. The molecule has 3 rings (SSSR count). The van der Waals surface area contributed by atoms with Gasteiger partial charge in [0.05, 0.1) is 12.8 Å². The molecule has 2 aromatic carbocycles. The number of amides is 1. The fourth-order valence-electron chi connectivity index (χ4n) is 3.36. The normalized spacial score (nSPS) is 14.8. The summed E-state index contributed by atoms with van der Waals surface area (Å²) in [7, 11) is 1.58. The average molecular weight is 339 g/mol. The van der Waals surface area contributed by atoms with Gasteiger partial charge < -0.3 is 14.8 Å². The zero-order valence-electron chi connectivity index (χ0n) is 14.7. The van der Waals surface area contributed by atoms with Crippen molar-refractivity contribution in [2.45, 2.75) is 38.0 Å². The minimum atomic E-state index is -0.208. The van der Waals surface area contributed by atoms with Crippen LogP contribution < -0.4 is 14.8 Å². The molecule has 1 N–H and O–H groups in total. The van der Waals surface area contributed by atoms with Crippen LogP contribution in [0.1, 0.15) is 43.6 Å². The summed E-state index contributed by atoms with van der Waals surface area (Å²) in [6, 6.07) is 15.5. The molecule has 4 nitrogen and oxygen atoms in total. The van der Waals surface area contributed by atoms with Gasteiger partial charge in [0.15, 0.2) is 6.61 Å². The van der Waals surface area contributed by atoms with Gasteiger partial charge in [0.1, 0.15) is 11.5 Å². The fraction of sp³-hybridized carbons (Fsp3) is 0.381. The Balaban J connectivity index is 1.51. The van der Waals surface area contributed by atoms with Crippen LogP contribution in [0.4, 0.5) is 5.69 Å². The number of nitrogens with one attached hydrogen (secondary N) is 1. The smallest absolute Gasteiger partial charge is 0.262 e. The zero-order chi connectivity index (χ0) is 17.5. The van der Waals surface area contributed by atoms with Crippen LogP contribution in [0.25, 0.3) is 0 Å². The summed E-state index contributed by atoms with van der Waals surface area (Å²) in [4.78, 5) is 12.1. The molecule has 1 aliphatic carbocycles. The maximum atomic E-state index is 12.1. The topological polar surface area (TPSA) is 47.6 Å². The minimum Gasteiger partial charge on any atom is -0.495 e. The van der Waals surface area contributed by atoms with Gasteiger partial charge >= 0.3 is 0 Å². The van der Waals surface area contributed by atoms with Crippen LogP contribution in [0.2, 0.25) is 0 Å². The second-order valence-electron chi connectivity index (χ2n) is 6.44. The highest BCUT2D eigenvalue weighted by Gasteiger charge is 2.15. The van der Waals surface area contributed by atoms with Crippen molar-refractivity contribution < 1.29 is 14.3 Å². The first-order valence-electron chi connectivity index (χ1n) is 8.92. The van der Waals surface area contributed by atoms with Gasteiger partial charge in [0.2, 0.25) is 0 Å². The van der Waals surface area contributed by atoms with Crippen molar-refractivity contribution in [3.05, 3.63) is 54.1 Å². The molecule has 0 bridgehead atoms. The fourth-order valence-corrected chi connectivity index (χ4v) is 3.36. The first kappa shape index (κ1) is 17.3. The van der Waals surface area contributed by atoms with Crippen molar-refractivity contribution in [1.82, 2.24) is 0 Å². The average Bonchev–Trinajstić information content (AvgIpc) is 2.68. The van der Waals surface area contributed by atoms with Crippen LogP contribution in [-0.4, -0.2) is 19.6 Å². The van der Waals surface area contributed by atoms with Crippen molar-refractivity contribution in [2.24, 2.45) is 0 Å². The van der Waals surface area contributed by atoms with Crippen molar-refractivity contribution in [3.8, 4) is 11.5 Å². The summed E-state index contributed by atoms with van der Waals surface area (Å²) < 4.78 is 10.8. The van der Waals surface area contributed by atoms with Gasteiger partial charge in [-0.3, -0.25) is 4.79 Å². The maximum Gasteiger partial charge on any atom is 0.262 e. The van der Waals surface area contributed by atoms with E-state index < -0.39 is 0 Å². The van der Waals surface area contributed by atoms with Crippen LogP contribution in [0.5, 0.6) is 11.5 Å². The predicted octanol–water partition coefficient (Wildman–Crippen LogP) is 4.76. The van der Waals surface area contributed by atoms with Crippen LogP contribution in [0.15, 0.2) is 48.5 Å². The molecule has 132 valence electrons. The van der Waals surface area contributed by atoms with Gasteiger partial charge in [-0.25, -0.2) is 0 Å². The van der Waals surface area contributed by atoms with Crippen LogP contribution >= 0.6 is 0 Å². The number of para-hydroxylation sites is 2. The Labute approximate surface area is 149 Å². The third kappa shape index (κ3) is 4.75. The molecular formula is C21H25NO3. The Bertz CT molecular complexity index is 691. The summed E-state index contributed by atoms with van der Waals surface area (Å²) >= 11 is 0. The molecule has 0 saturated heterocycles. The number of hydrogen-bond donors (Lipinski definition) is 1. The lowest BCUT2D eigenvalue weighted by atomic mass is 9.84. The highest BCUT2D eigenvalue weighted by molar-refractivity contribution is 5.93. The minimum absolute atomic E-state index is 0.0270. The maximum absolute atomic E-state index is 12.1. The van der Waals surface area contributed by atoms with E-state index >= 15 is 0 Å². The number of hydrogen-bond acceptors (Lipinski definition) is 3. The largest absolute Gasteiger partial charge is 0.495 e. The standard InChI is InChI=1S/C21H25NO3/c1-24-20-10-6-5-9-19(20)22-21(23)15-25-18-13-11-17(12-14-18)16-7-3-2-4-8-16/h5-6,9-14,16H,2-4,7-8,15H2,1H3,(H,22,23). The number of benzene rings is 2. The molecule has 2 aromatic rings. The van der Waals surface area contributed by atoms with Crippen molar-refractivity contribution in [1.29, 1.82) is 0 Å². The lowest BCUT2D eigenvalue weighted by Gasteiger charge is -2.22. The number of ether oxygens (including phenoxy) is 2. The molecule has 1 amide bonds. The van der Waals surface area contributed by atoms with E-state index in [2.05, 4.69) is 17.4 Å². The third-order valence-electron chi connectivity index (χ3n) is 4.71. The van der Waals surface area contributed by atoms with E-state index in [1.165, 1.54) is 37.7 Å². The van der Waals surface area contributed by atoms with E-state index in [4.69, 9.17) is 9.47 Å². The van der Waals surface area contributed by atoms with Crippen molar-refractivity contribution in [2.75, 3.05) is 19.0 Å². The number of carbonyl (C=O) groups excluding carboxylic acids is 1. The molecule has 0 spiro atoms. The van der Waals surface area contributed by atoms with E-state index in [9.17, 15) is 4.79 Å². The number of rotatable bonds is 6. The number of methoxy groups -OCH3 is 1. The van der Waals surface area contributed by atoms with Gasteiger partial charge in [-0.15, -0.1) is 0 Å². The quantitative estimate of drug-likeness (QED) is 0.825. The summed E-state index contributed by atoms with van der Waals surface area (Å²) in [5.74, 6) is 1.82. The van der Waals surface area contributed by atoms with E-state index in [0.717, 1.165) is 5.75 Å². The highest BCUT2D eigenvalue weighted by Crippen LogP contribution is 2.33. The number of anilines is 1. The van der Waals surface area contributed by atoms with Crippen LogP contribution in [0.3, 0.4) is 0 Å². The zero-order valence-corrected chi connectivity index (χ0v) is 14.7. The van der Waals surface area contributed by atoms with Crippen LogP contribution in [0, 0.1) is 0 Å². The van der Waals surface area contributed by atoms with E-state index in [1.807, 2.05) is 24.3 Å². The molecule has 0 heterocycles. The van der Waals surface area contributed by atoms with Crippen molar-refractivity contribution >= 4 is 11.6 Å². The van der Waals surface area contributed by atoms with Gasteiger partial charge in [-0.2, -0.15) is 0 Å². The number of carbonyl (C=O) groups is 1. The van der Waals surface area contributed by atoms with Gasteiger partial charge in [0, 0.05) is 0 Å². The molecule has 0 aromatic heterocycles. The van der Waals surface area contributed by atoms with Crippen LogP contribution in [-0.2, 0) is 4.79 Å². The first-order chi connectivity index (χ1) is 12.3. The lowest BCUT2D eigenvalue weighted by molar-refractivity contribution is -0.118. The molecule has 0 unspecified atom stereocenters. The molecule has 25 heavy (non-hydrogen) atoms. The Morgan fingerprint density at radius 3 is 2.48 bits per heavy atom. The summed E-state index contributed by atoms with van der Waals surface area (Å²) in [5.41, 5.74) is 2.02. The Kier molecular flexibility index (Phi) is 5.94. The van der Waals surface area contributed by atoms with Gasteiger partial charge in [0.25, 0.3) is 5.91 Å².